The first-order valence-corrected chi connectivity index (χ1v) is 3.80. The van der Waals surface area contributed by atoms with Gasteiger partial charge in [-0.15, -0.1) is 0 Å². The van der Waals surface area contributed by atoms with Crippen LogP contribution in [-0.4, -0.2) is 12.5 Å². The van der Waals surface area contributed by atoms with Crippen LogP contribution in [-0.2, 0) is 10.9 Å². The van der Waals surface area contributed by atoms with Crippen molar-refractivity contribution in [1.29, 1.82) is 0 Å². The minimum Gasteiger partial charge on any atom is -0.0776 e. The molecule has 0 nitrogen and oxygen atoms in total. The fourth-order valence-corrected chi connectivity index (χ4v) is 0.500. The van der Waals surface area contributed by atoms with Gasteiger partial charge in [0.1, 0.15) is 12.5 Å². The monoisotopic (exact) mass is 101 g/mol. The van der Waals surface area contributed by atoms with Gasteiger partial charge in [-0.3, -0.25) is 0 Å². The van der Waals surface area contributed by atoms with Crippen LogP contribution in [0.25, 0.3) is 0 Å². The van der Waals surface area contributed by atoms with E-state index in [0.717, 1.165) is 0 Å². The highest BCUT2D eigenvalue weighted by molar-refractivity contribution is 7.98. The van der Waals surface area contributed by atoms with Crippen LogP contribution in [0.3, 0.4) is 0 Å². The van der Waals surface area contributed by atoms with E-state index in [1.54, 1.807) is 0 Å². The number of rotatable bonds is 1. The van der Waals surface area contributed by atoms with E-state index in [-0.39, 0.29) is 0 Å². The first-order chi connectivity index (χ1) is 2.77. The molecule has 0 amide bonds. The molecule has 0 saturated heterocycles. The van der Waals surface area contributed by atoms with Gasteiger partial charge in [0.05, 0.1) is 0 Å². The molecule has 0 fully saturated rings. The predicted molar refractivity (Wildman–Crippen MR) is 32.9 cm³/mol. The van der Waals surface area contributed by atoms with Crippen molar-refractivity contribution in [3.05, 3.63) is 17.7 Å². The molecule has 0 aromatic heterocycles. The summed E-state index contributed by atoms with van der Waals surface area (Å²) in [6.07, 6.45) is 4.25. The summed E-state index contributed by atoms with van der Waals surface area (Å²) in [7, 11) is 0.386. The van der Waals surface area contributed by atoms with Gasteiger partial charge >= 0.3 is 0 Å². The summed E-state index contributed by atoms with van der Waals surface area (Å²) < 4.78 is 0. The molecule has 0 radical (unpaired) electrons. The van der Waals surface area contributed by atoms with Crippen molar-refractivity contribution in [3.8, 4) is 0 Å². The van der Waals surface area contributed by atoms with Gasteiger partial charge in [0.15, 0.2) is 5.41 Å². The highest BCUT2D eigenvalue weighted by Gasteiger charge is 1.87. The quantitative estimate of drug-likeness (QED) is 0.343. The molecule has 0 aromatic rings. The highest BCUT2D eigenvalue weighted by atomic mass is 32.2. The standard InChI is InChI=1S/C5H9S/c1-4-5-6(2)3/h5H,1H2,2-3H3/q+1. The van der Waals surface area contributed by atoms with Gasteiger partial charge in [0, 0.05) is 10.9 Å². The zero-order chi connectivity index (χ0) is 4.99. The van der Waals surface area contributed by atoms with Crippen molar-refractivity contribution in [1.82, 2.24) is 0 Å². The van der Waals surface area contributed by atoms with Crippen molar-refractivity contribution >= 4 is 10.9 Å². The zero-order valence-electron chi connectivity index (χ0n) is 4.19. The molecule has 1 heteroatoms. The fourth-order valence-electron chi connectivity index (χ4n) is 0.167. The molecule has 0 aliphatic rings. The summed E-state index contributed by atoms with van der Waals surface area (Å²) in [6.45, 7) is 3.43. The molecule has 0 aromatic carbocycles. The molecule has 0 rings (SSSR count). The van der Waals surface area contributed by atoms with Crippen LogP contribution in [0.2, 0.25) is 0 Å². The van der Waals surface area contributed by atoms with Gasteiger partial charge < -0.3 is 0 Å². The van der Waals surface area contributed by atoms with Crippen LogP contribution in [0.5, 0.6) is 0 Å². The van der Waals surface area contributed by atoms with E-state index in [0.29, 0.717) is 10.9 Å². The molecule has 0 saturated carbocycles. The molecule has 34 valence electrons. The SMILES string of the molecule is C=C=C[S+](C)C. The lowest BCUT2D eigenvalue weighted by atomic mass is 11.0. The normalized spacial score (nSPS) is 7.83. The average molecular weight is 101 g/mol. The Kier molecular flexibility index (Phi) is 3.01. The predicted octanol–water partition coefficient (Wildman–Crippen LogP) is 1.16. The molecule has 0 aliphatic carbocycles. The van der Waals surface area contributed by atoms with Crippen LogP contribution < -0.4 is 0 Å². The van der Waals surface area contributed by atoms with Gasteiger partial charge in [-0.1, -0.05) is 12.3 Å². The summed E-state index contributed by atoms with van der Waals surface area (Å²) in [6, 6.07) is 0. The van der Waals surface area contributed by atoms with Gasteiger partial charge in [0.25, 0.3) is 0 Å². The second-order valence-corrected chi connectivity index (χ2v) is 3.20. The van der Waals surface area contributed by atoms with E-state index >= 15 is 0 Å². The van der Waals surface area contributed by atoms with E-state index in [1.807, 2.05) is 5.41 Å². The maximum atomic E-state index is 3.43. The Hall–Kier alpha value is -0.130. The van der Waals surface area contributed by atoms with Gasteiger partial charge in [-0.25, -0.2) is 0 Å². The molecule has 0 aliphatic heterocycles. The summed E-state index contributed by atoms with van der Waals surface area (Å²) >= 11 is 0. The summed E-state index contributed by atoms with van der Waals surface area (Å²) in [5, 5.41) is 1.96. The van der Waals surface area contributed by atoms with Crippen LogP contribution in [0.1, 0.15) is 0 Å². The topological polar surface area (TPSA) is 0 Å². The lowest BCUT2D eigenvalue weighted by Crippen LogP contribution is -1.83. The van der Waals surface area contributed by atoms with Crippen molar-refractivity contribution in [3.63, 3.8) is 0 Å². The zero-order valence-corrected chi connectivity index (χ0v) is 5.01. The van der Waals surface area contributed by atoms with E-state index in [2.05, 4.69) is 24.8 Å². The van der Waals surface area contributed by atoms with Crippen LogP contribution in [0.4, 0.5) is 0 Å². The largest absolute Gasteiger partial charge is 0.160 e. The maximum absolute atomic E-state index is 3.43. The second kappa shape index (κ2) is 3.08. The maximum Gasteiger partial charge on any atom is 0.160 e. The van der Waals surface area contributed by atoms with Crippen LogP contribution in [0, 0.1) is 0 Å². The Balaban J connectivity index is 3.29. The third-order valence-corrected chi connectivity index (χ3v) is 0.957. The Labute approximate surface area is 41.9 Å². The number of hydrogen-bond donors (Lipinski definition) is 0. The Morgan fingerprint density at radius 2 is 2.17 bits per heavy atom. The molecule has 0 unspecified atom stereocenters. The lowest BCUT2D eigenvalue weighted by molar-refractivity contribution is 2.23. The molecule has 0 heterocycles. The van der Waals surface area contributed by atoms with Crippen molar-refractivity contribution in [2.75, 3.05) is 12.5 Å². The number of hydrogen-bond acceptors (Lipinski definition) is 0. The van der Waals surface area contributed by atoms with E-state index in [9.17, 15) is 0 Å². The minimum absolute atomic E-state index is 0.386. The molecule has 0 bridgehead atoms. The smallest absolute Gasteiger partial charge is 0.0776 e. The summed E-state index contributed by atoms with van der Waals surface area (Å²) in [4.78, 5) is 0. The van der Waals surface area contributed by atoms with E-state index < -0.39 is 0 Å². The van der Waals surface area contributed by atoms with Gasteiger partial charge in [0.2, 0.25) is 0 Å². The fraction of sp³-hybridized carbons (Fsp3) is 0.400. The Morgan fingerprint density at radius 1 is 1.67 bits per heavy atom. The molecule has 0 spiro atoms. The first-order valence-electron chi connectivity index (χ1n) is 1.69. The highest BCUT2D eigenvalue weighted by Crippen LogP contribution is 1.79. The van der Waals surface area contributed by atoms with Crippen LogP contribution >= 0.6 is 0 Å². The van der Waals surface area contributed by atoms with Crippen LogP contribution in [0.15, 0.2) is 17.7 Å². The Morgan fingerprint density at radius 3 is 2.17 bits per heavy atom. The van der Waals surface area contributed by atoms with Crippen molar-refractivity contribution in [2.45, 2.75) is 0 Å². The first kappa shape index (κ1) is 5.87. The van der Waals surface area contributed by atoms with Crippen molar-refractivity contribution in [2.24, 2.45) is 0 Å². The average Bonchev–Trinajstić information content (AvgIpc) is 1.35. The Bertz CT molecular complexity index is 68.0. The molecule has 0 atom stereocenters. The molecular weight excluding hydrogens is 92.1 g/mol. The lowest BCUT2D eigenvalue weighted by Gasteiger charge is -1.73. The molecular formula is C5H9S+. The van der Waals surface area contributed by atoms with E-state index in [1.165, 1.54) is 0 Å². The molecule has 6 heavy (non-hydrogen) atoms. The van der Waals surface area contributed by atoms with E-state index in [4.69, 9.17) is 0 Å². The second-order valence-electron chi connectivity index (χ2n) is 1.20. The van der Waals surface area contributed by atoms with Gasteiger partial charge in [-0.2, -0.15) is 0 Å². The minimum atomic E-state index is 0.386. The third-order valence-electron chi connectivity index (χ3n) is 0.319. The molecule has 0 N–H and O–H groups in total. The summed E-state index contributed by atoms with van der Waals surface area (Å²) in [5.74, 6) is 0. The van der Waals surface area contributed by atoms with Gasteiger partial charge in [-0.05, 0) is 0 Å². The van der Waals surface area contributed by atoms with Crippen molar-refractivity contribution < 1.29 is 0 Å². The summed E-state index contributed by atoms with van der Waals surface area (Å²) in [5.41, 5.74) is 2.70. The third kappa shape index (κ3) is 3.87.